The van der Waals surface area contributed by atoms with E-state index in [2.05, 4.69) is 15.2 Å². The zero-order valence-electron chi connectivity index (χ0n) is 10.9. The summed E-state index contributed by atoms with van der Waals surface area (Å²) < 4.78 is 14.1. The van der Waals surface area contributed by atoms with Gasteiger partial charge in [-0.3, -0.25) is 4.90 Å². The molecule has 1 fully saturated rings. The van der Waals surface area contributed by atoms with Gasteiger partial charge in [-0.15, -0.1) is 11.3 Å². The first-order chi connectivity index (χ1) is 9.72. The standard InChI is InChI=1S/C14H15ClFN3S/c15-13-8-18-14(20-13)9-19-5-4-17-7-12(19)10-2-1-3-11(16)6-10/h1-3,6,8,12,17H,4-5,7,9H2. The van der Waals surface area contributed by atoms with Crippen LogP contribution < -0.4 is 5.32 Å². The van der Waals surface area contributed by atoms with E-state index in [0.29, 0.717) is 4.34 Å². The molecule has 0 radical (unpaired) electrons. The molecule has 3 rings (SSSR count). The zero-order chi connectivity index (χ0) is 13.9. The smallest absolute Gasteiger partial charge is 0.123 e. The second kappa shape index (κ2) is 6.18. The summed E-state index contributed by atoms with van der Waals surface area (Å²) in [7, 11) is 0. The molecule has 3 nitrogen and oxygen atoms in total. The van der Waals surface area contributed by atoms with Gasteiger partial charge in [0.1, 0.15) is 15.2 Å². The number of benzene rings is 1. The quantitative estimate of drug-likeness (QED) is 0.944. The molecular weight excluding hydrogens is 297 g/mol. The summed E-state index contributed by atoms with van der Waals surface area (Å²) in [5.74, 6) is -0.190. The van der Waals surface area contributed by atoms with Gasteiger partial charge in [0, 0.05) is 25.7 Å². The number of aromatic nitrogens is 1. The van der Waals surface area contributed by atoms with Crippen molar-refractivity contribution in [3.8, 4) is 0 Å². The van der Waals surface area contributed by atoms with E-state index in [1.165, 1.54) is 17.4 Å². The molecule has 1 N–H and O–H groups in total. The van der Waals surface area contributed by atoms with Crippen molar-refractivity contribution in [1.29, 1.82) is 0 Å². The number of nitrogens with zero attached hydrogens (tertiary/aromatic N) is 2. The highest BCUT2D eigenvalue weighted by Gasteiger charge is 2.24. The SMILES string of the molecule is Fc1cccc(C2CNCCN2Cc2ncc(Cl)s2)c1. The molecule has 1 unspecified atom stereocenters. The summed E-state index contributed by atoms with van der Waals surface area (Å²) in [6.07, 6.45) is 1.68. The Labute approximate surface area is 126 Å². The second-order valence-electron chi connectivity index (χ2n) is 4.80. The van der Waals surface area contributed by atoms with Crippen LogP contribution in [0.2, 0.25) is 4.34 Å². The van der Waals surface area contributed by atoms with E-state index in [-0.39, 0.29) is 11.9 Å². The Balaban J connectivity index is 1.80. The molecule has 1 atom stereocenters. The minimum Gasteiger partial charge on any atom is -0.314 e. The molecule has 0 spiro atoms. The summed E-state index contributed by atoms with van der Waals surface area (Å²) in [4.78, 5) is 6.63. The Morgan fingerprint density at radius 3 is 3.15 bits per heavy atom. The highest BCUT2D eigenvalue weighted by Crippen LogP contribution is 2.27. The largest absolute Gasteiger partial charge is 0.314 e. The number of halogens is 2. The van der Waals surface area contributed by atoms with Crippen molar-refractivity contribution in [3.05, 3.63) is 51.2 Å². The predicted octanol–water partition coefficient (Wildman–Crippen LogP) is 3.08. The number of nitrogens with one attached hydrogen (secondary N) is 1. The first-order valence-corrected chi connectivity index (χ1v) is 7.72. The average molecular weight is 312 g/mol. The molecule has 2 heterocycles. The number of thiazole rings is 1. The molecule has 1 aromatic heterocycles. The molecule has 1 saturated heterocycles. The van der Waals surface area contributed by atoms with Crippen molar-refractivity contribution < 1.29 is 4.39 Å². The number of piperazine rings is 1. The first-order valence-electron chi connectivity index (χ1n) is 6.53. The van der Waals surface area contributed by atoms with Gasteiger partial charge in [0.25, 0.3) is 0 Å². The number of rotatable bonds is 3. The monoisotopic (exact) mass is 311 g/mol. The van der Waals surface area contributed by atoms with E-state index in [1.54, 1.807) is 18.3 Å². The van der Waals surface area contributed by atoms with Gasteiger partial charge in [0.2, 0.25) is 0 Å². The lowest BCUT2D eigenvalue weighted by atomic mass is 10.0. The van der Waals surface area contributed by atoms with E-state index in [0.717, 1.165) is 36.8 Å². The number of hydrogen-bond acceptors (Lipinski definition) is 4. The molecule has 1 aliphatic rings. The molecule has 106 valence electrons. The van der Waals surface area contributed by atoms with Crippen LogP contribution in [-0.2, 0) is 6.54 Å². The fraction of sp³-hybridized carbons (Fsp3) is 0.357. The van der Waals surface area contributed by atoms with Gasteiger partial charge in [-0.2, -0.15) is 0 Å². The molecule has 2 aromatic rings. The van der Waals surface area contributed by atoms with E-state index >= 15 is 0 Å². The molecular formula is C14H15ClFN3S. The van der Waals surface area contributed by atoms with Crippen LogP contribution in [0, 0.1) is 5.82 Å². The third-order valence-electron chi connectivity index (χ3n) is 3.45. The Morgan fingerprint density at radius 1 is 1.50 bits per heavy atom. The molecule has 0 bridgehead atoms. The highest BCUT2D eigenvalue weighted by atomic mass is 35.5. The maximum absolute atomic E-state index is 13.4. The summed E-state index contributed by atoms with van der Waals surface area (Å²) in [5, 5.41) is 4.36. The topological polar surface area (TPSA) is 28.2 Å². The van der Waals surface area contributed by atoms with Gasteiger partial charge in [-0.05, 0) is 17.7 Å². The van der Waals surface area contributed by atoms with E-state index in [1.807, 2.05) is 6.07 Å². The predicted molar refractivity (Wildman–Crippen MR) is 79.5 cm³/mol. The summed E-state index contributed by atoms with van der Waals surface area (Å²) in [6, 6.07) is 6.99. The lowest BCUT2D eigenvalue weighted by molar-refractivity contribution is 0.153. The third kappa shape index (κ3) is 3.17. The molecule has 20 heavy (non-hydrogen) atoms. The minimum absolute atomic E-state index is 0.169. The van der Waals surface area contributed by atoms with Crippen LogP contribution in [0.15, 0.2) is 30.5 Å². The van der Waals surface area contributed by atoms with Crippen molar-refractivity contribution in [2.24, 2.45) is 0 Å². The van der Waals surface area contributed by atoms with E-state index < -0.39 is 0 Å². The highest BCUT2D eigenvalue weighted by molar-refractivity contribution is 7.15. The third-order valence-corrected chi connectivity index (χ3v) is 4.55. The summed E-state index contributed by atoms with van der Waals surface area (Å²) in [5.41, 5.74) is 1.000. The van der Waals surface area contributed by atoms with Crippen molar-refractivity contribution in [2.75, 3.05) is 19.6 Å². The van der Waals surface area contributed by atoms with Gasteiger partial charge in [0.15, 0.2) is 0 Å². The fourth-order valence-corrected chi connectivity index (χ4v) is 3.50. The fourth-order valence-electron chi connectivity index (χ4n) is 2.51. The van der Waals surface area contributed by atoms with E-state index in [4.69, 9.17) is 11.6 Å². The molecule has 0 aliphatic carbocycles. The van der Waals surface area contributed by atoms with Gasteiger partial charge in [0.05, 0.1) is 12.7 Å². The van der Waals surface area contributed by atoms with Gasteiger partial charge < -0.3 is 5.32 Å². The van der Waals surface area contributed by atoms with Crippen molar-refractivity contribution in [1.82, 2.24) is 15.2 Å². The maximum atomic E-state index is 13.4. The lowest BCUT2D eigenvalue weighted by Crippen LogP contribution is -2.45. The van der Waals surface area contributed by atoms with Gasteiger partial charge in [-0.25, -0.2) is 9.37 Å². The minimum atomic E-state index is -0.190. The molecule has 1 aliphatic heterocycles. The van der Waals surface area contributed by atoms with Crippen LogP contribution >= 0.6 is 22.9 Å². The Morgan fingerprint density at radius 2 is 2.40 bits per heavy atom. The van der Waals surface area contributed by atoms with Crippen molar-refractivity contribution in [2.45, 2.75) is 12.6 Å². The van der Waals surface area contributed by atoms with E-state index in [9.17, 15) is 4.39 Å². The number of hydrogen-bond donors (Lipinski definition) is 1. The Hall–Kier alpha value is -1.01. The van der Waals surface area contributed by atoms with Crippen LogP contribution in [0.3, 0.4) is 0 Å². The zero-order valence-corrected chi connectivity index (χ0v) is 12.4. The normalized spacial score (nSPS) is 20.2. The van der Waals surface area contributed by atoms with Crippen LogP contribution in [-0.4, -0.2) is 29.5 Å². The molecule has 1 aromatic carbocycles. The molecule has 6 heteroatoms. The molecule has 0 amide bonds. The van der Waals surface area contributed by atoms with Crippen LogP contribution in [0.1, 0.15) is 16.6 Å². The van der Waals surface area contributed by atoms with Gasteiger partial charge in [-0.1, -0.05) is 23.7 Å². The first kappa shape index (κ1) is 13.9. The Bertz CT molecular complexity index is 589. The summed E-state index contributed by atoms with van der Waals surface area (Å²) in [6.45, 7) is 3.42. The van der Waals surface area contributed by atoms with Crippen LogP contribution in [0.5, 0.6) is 0 Å². The van der Waals surface area contributed by atoms with Gasteiger partial charge >= 0.3 is 0 Å². The van der Waals surface area contributed by atoms with Crippen LogP contribution in [0.4, 0.5) is 4.39 Å². The van der Waals surface area contributed by atoms with Crippen molar-refractivity contribution in [3.63, 3.8) is 0 Å². The second-order valence-corrected chi connectivity index (χ2v) is 6.55. The van der Waals surface area contributed by atoms with Crippen LogP contribution in [0.25, 0.3) is 0 Å². The lowest BCUT2D eigenvalue weighted by Gasteiger charge is -2.36. The Kier molecular flexibility index (Phi) is 4.31. The van der Waals surface area contributed by atoms with Crippen molar-refractivity contribution >= 4 is 22.9 Å². The average Bonchev–Trinajstić information content (AvgIpc) is 2.85. The maximum Gasteiger partial charge on any atom is 0.123 e. The summed E-state index contributed by atoms with van der Waals surface area (Å²) >= 11 is 7.43. The molecule has 0 saturated carbocycles.